The zero-order valence-corrected chi connectivity index (χ0v) is 11.8. The number of halogens is 1. The SMILES string of the molecule is CC(=O)Nc1ccc(OC(=O)COc2ccc(F)cc2)cc1. The summed E-state index contributed by atoms with van der Waals surface area (Å²) in [5.41, 5.74) is 0.606. The summed E-state index contributed by atoms with van der Waals surface area (Å²) in [7, 11) is 0. The lowest BCUT2D eigenvalue weighted by atomic mass is 10.3. The fourth-order valence-electron chi connectivity index (χ4n) is 1.64. The Morgan fingerprint density at radius 2 is 1.59 bits per heavy atom. The second kappa shape index (κ2) is 7.21. The standard InChI is InChI=1S/C16H14FNO4/c1-11(19)18-13-4-8-15(9-5-13)22-16(20)10-21-14-6-2-12(17)3-7-14/h2-9H,10H2,1H3,(H,18,19). The highest BCUT2D eigenvalue weighted by molar-refractivity contribution is 5.88. The van der Waals surface area contributed by atoms with Gasteiger partial charge in [-0.1, -0.05) is 0 Å². The van der Waals surface area contributed by atoms with Gasteiger partial charge in [0.2, 0.25) is 5.91 Å². The van der Waals surface area contributed by atoms with Crippen LogP contribution in [-0.4, -0.2) is 18.5 Å². The van der Waals surface area contributed by atoms with E-state index in [1.54, 1.807) is 24.3 Å². The maximum Gasteiger partial charge on any atom is 0.349 e. The van der Waals surface area contributed by atoms with Crippen molar-refractivity contribution in [2.45, 2.75) is 6.92 Å². The summed E-state index contributed by atoms with van der Waals surface area (Å²) >= 11 is 0. The van der Waals surface area contributed by atoms with Gasteiger partial charge < -0.3 is 14.8 Å². The lowest BCUT2D eigenvalue weighted by Gasteiger charge is -2.07. The van der Waals surface area contributed by atoms with Crippen LogP contribution in [0.3, 0.4) is 0 Å². The number of ether oxygens (including phenoxy) is 2. The summed E-state index contributed by atoms with van der Waals surface area (Å²) in [6.07, 6.45) is 0. The van der Waals surface area contributed by atoms with E-state index in [4.69, 9.17) is 9.47 Å². The summed E-state index contributed by atoms with van der Waals surface area (Å²) in [4.78, 5) is 22.5. The third-order valence-electron chi connectivity index (χ3n) is 2.58. The molecule has 0 aliphatic heterocycles. The van der Waals surface area contributed by atoms with Crippen LogP contribution in [0.1, 0.15) is 6.92 Å². The number of nitrogens with one attached hydrogen (secondary N) is 1. The van der Waals surface area contributed by atoms with Gasteiger partial charge in [0.25, 0.3) is 0 Å². The Hall–Kier alpha value is -2.89. The summed E-state index contributed by atoms with van der Waals surface area (Å²) < 4.78 is 23.0. The molecule has 0 aliphatic carbocycles. The van der Waals surface area contributed by atoms with E-state index in [0.717, 1.165) is 0 Å². The first-order valence-electron chi connectivity index (χ1n) is 6.49. The number of esters is 1. The van der Waals surface area contributed by atoms with Crippen LogP contribution in [0.5, 0.6) is 11.5 Å². The Bertz CT molecular complexity index is 653. The number of anilines is 1. The molecular formula is C16H14FNO4. The van der Waals surface area contributed by atoms with Crippen LogP contribution in [0, 0.1) is 5.82 Å². The van der Waals surface area contributed by atoms with E-state index in [9.17, 15) is 14.0 Å². The molecule has 0 saturated heterocycles. The van der Waals surface area contributed by atoms with Crippen molar-refractivity contribution in [3.63, 3.8) is 0 Å². The first-order chi connectivity index (χ1) is 10.5. The smallest absolute Gasteiger partial charge is 0.349 e. The number of rotatable bonds is 5. The molecule has 22 heavy (non-hydrogen) atoms. The number of hydrogen-bond donors (Lipinski definition) is 1. The molecular weight excluding hydrogens is 289 g/mol. The van der Waals surface area contributed by atoms with E-state index in [0.29, 0.717) is 17.2 Å². The molecule has 5 nitrogen and oxygen atoms in total. The third kappa shape index (κ3) is 4.90. The number of carbonyl (C=O) groups is 2. The monoisotopic (exact) mass is 303 g/mol. The van der Waals surface area contributed by atoms with Gasteiger partial charge in [-0.3, -0.25) is 4.79 Å². The molecule has 114 valence electrons. The topological polar surface area (TPSA) is 64.6 Å². The summed E-state index contributed by atoms with van der Waals surface area (Å²) in [5.74, 6) is -0.440. The summed E-state index contributed by atoms with van der Waals surface area (Å²) in [6.45, 7) is 1.11. The van der Waals surface area contributed by atoms with Crippen molar-refractivity contribution in [1.82, 2.24) is 0 Å². The fourth-order valence-corrected chi connectivity index (χ4v) is 1.64. The molecule has 2 aromatic carbocycles. The molecule has 0 fully saturated rings. The first-order valence-corrected chi connectivity index (χ1v) is 6.49. The predicted octanol–water partition coefficient (Wildman–Crippen LogP) is 2.77. The van der Waals surface area contributed by atoms with Gasteiger partial charge in [-0.2, -0.15) is 0 Å². The molecule has 1 amide bonds. The van der Waals surface area contributed by atoms with E-state index in [1.807, 2.05) is 0 Å². The Morgan fingerprint density at radius 1 is 1.00 bits per heavy atom. The Morgan fingerprint density at radius 3 is 2.18 bits per heavy atom. The molecule has 0 spiro atoms. The minimum atomic E-state index is -0.586. The fraction of sp³-hybridized carbons (Fsp3) is 0.125. The van der Waals surface area contributed by atoms with Gasteiger partial charge in [0, 0.05) is 12.6 Å². The second-order valence-corrected chi connectivity index (χ2v) is 4.42. The molecule has 0 unspecified atom stereocenters. The summed E-state index contributed by atoms with van der Waals surface area (Å²) in [5, 5.41) is 2.60. The molecule has 0 bridgehead atoms. The zero-order chi connectivity index (χ0) is 15.9. The van der Waals surface area contributed by atoms with Crippen molar-refractivity contribution in [3.05, 3.63) is 54.3 Å². The maximum absolute atomic E-state index is 12.7. The van der Waals surface area contributed by atoms with Gasteiger partial charge in [-0.15, -0.1) is 0 Å². The van der Waals surface area contributed by atoms with E-state index >= 15 is 0 Å². The highest BCUT2D eigenvalue weighted by Crippen LogP contribution is 2.16. The molecule has 2 rings (SSSR count). The quantitative estimate of drug-likeness (QED) is 0.681. The van der Waals surface area contributed by atoms with Crippen LogP contribution in [0.15, 0.2) is 48.5 Å². The van der Waals surface area contributed by atoms with Crippen LogP contribution in [0.25, 0.3) is 0 Å². The maximum atomic E-state index is 12.7. The van der Waals surface area contributed by atoms with Crippen LogP contribution < -0.4 is 14.8 Å². The van der Waals surface area contributed by atoms with Gasteiger partial charge in [0.15, 0.2) is 6.61 Å². The molecule has 0 heterocycles. The van der Waals surface area contributed by atoms with Gasteiger partial charge in [0.1, 0.15) is 17.3 Å². The summed E-state index contributed by atoms with van der Waals surface area (Å²) in [6, 6.07) is 11.7. The van der Waals surface area contributed by atoms with Crippen molar-refractivity contribution in [1.29, 1.82) is 0 Å². The average molecular weight is 303 g/mol. The molecule has 0 aliphatic rings. The van der Waals surface area contributed by atoms with E-state index < -0.39 is 5.97 Å². The van der Waals surface area contributed by atoms with Gasteiger partial charge in [-0.25, -0.2) is 9.18 Å². The minimum Gasteiger partial charge on any atom is -0.482 e. The minimum absolute atomic E-state index is 0.183. The van der Waals surface area contributed by atoms with Crippen LogP contribution in [0.2, 0.25) is 0 Å². The van der Waals surface area contributed by atoms with Crippen molar-refractivity contribution in [2.75, 3.05) is 11.9 Å². The number of benzene rings is 2. The molecule has 0 saturated carbocycles. The third-order valence-corrected chi connectivity index (χ3v) is 2.58. The van der Waals surface area contributed by atoms with Crippen molar-refractivity contribution in [3.8, 4) is 11.5 Å². The number of amides is 1. The molecule has 0 aromatic heterocycles. The molecule has 6 heteroatoms. The number of carbonyl (C=O) groups excluding carboxylic acids is 2. The largest absolute Gasteiger partial charge is 0.482 e. The van der Waals surface area contributed by atoms with Crippen molar-refractivity contribution < 1.29 is 23.5 Å². The highest BCUT2D eigenvalue weighted by atomic mass is 19.1. The molecule has 0 atom stereocenters. The van der Waals surface area contributed by atoms with E-state index in [2.05, 4.69) is 5.32 Å². The Labute approximate surface area is 126 Å². The van der Waals surface area contributed by atoms with Crippen LogP contribution in [-0.2, 0) is 9.59 Å². The van der Waals surface area contributed by atoms with E-state index in [-0.39, 0.29) is 18.3 Å². The average Bonchev–Trinajstić information content (AvgIpc) is 2.48. The molecule has 0 radical (unpaired) electrons. The normalized spacial score (nSPS) is 9.91. The lowest BCUT2D eigenvalue weighted by molar-refractivity contribution is -0.136. The van der Waals surface area contributed by atoms with Gasteiger partial charge >= 0.3 is 5.97 Å². The Kier molecular flexibility index (Phi) is 5.08. The second-order valence-electron chi connectivity index (χ2n) is 4.42. The number of hydrogen-bond acceptors (Lipinski definition) is 4. The van der Waals surface area contributed by atoms with Gasteiger partial charge in [0.05, 0.1) is 0 Å². The zero-order valence-electron chi connectivity index (χ0n) is 11.8. The van der Waals surface area contributed by atoms with Crippen molar-refractivity contribution in [2.24, 2.45) is 0 Å². The van der Waals surface area contributed by atoms with E-state index in [1.165, 1.54) is 31.2 Å². The lowest BCUT2D eigenvalue weighted by Crippen LogP contribution is -2.17. The van der Waals surface area contributed by atoms with Crippen LogP contribution in [0.4, 0.5) is 10.1 Å². The molecule has 1 N–H and O–H groups in total. The Balaban J connectivity index is 1.83. The van der Waals surface area contributed by atoms with Crippen LogP contribution >= 0.6 is 0 Å². The highest BCUT2D eigenvalue weighted by Gasteiger charge is 2.06. The first kappa shape index (κ1) is 15.5. The van der Waals surface area contributed by atoms with Gasteiger partial charge in [-0.05, 0) is 48.5 Å². The molecule has 2 aromatic rings. The van der Waals surface area contributed by atoms with Crippen molar-refractivity contribution >= 4 is 17.6 Å². The predicted molar refractivity (Wildman–Crippen MR) is 78.3 cm³/mol.